The Hall–Kier alpha value is -2.77. The zero-order valence-corrected chi connectivity index (χ0v) is 18.0. The van der Waals surface area contributed by atoms with Crippen molar-refractivity contribution >= 4 is 18.0 Å². The Morgan fingerprint density at radius 3 is 2.40 bits per heavy atom. The van der Waals surface area contributed by atoms with E-state index in [1.54, 1.807) is 4.90 Å². The van der Waals surface area contributed by atoms with Crippen molar-refractivity contribution < 1.29 is 14.3 Å². The van der Waals surface area contributed by atoms with Crippen LogP contribution in [0, 0.1) is 0 Å². The zero-order valence-electron chi connectivity index (χ0n) is 18.0. The van der Waals surface area contributed by atoms with E-state index in [-0.39, 0.29) is 18.0 Å². The van der Waals surface area contributed by atoms with Crippen LogP contribution in [0.2, 0.25) is 0 Å². The number of likely N-dealkylation sites (tertiary alicyclic amines) is 1. The Balaban J connectivity index is 1.40. The summed E-state index contributed by atoms with van der Waals surface area (Å²) in [6, 6.07) is 8.51. The summed E-state index contributed by atoms with van der Waals surface area (Å²) < 4.78 is 4.78. The molecule has 2 aliphatic heterocycles. The van der Waals surface area contributed by atoms with Crippen molar-refractivity contribution in [2.24, 2.45) is 4.99 Å². The third kappa shape index (κ3) is 5.87. The van der Waals surface area contributed by atoms with Crippen LogP contribution in [0.1, 0.15) is 43.7 Å². The van der Waals surface area contributed by atoms with E-state index in [1.807, 2.05) is 24.0 Å². The highest BCUT2D eigenvalue weighted by Crippen LogP contribution is 2.22. The number of aliphatic imine (C=N–C) groups is 1. The molecule has 0 spiro atoms. The van der Waals surface area contributed by atoms with Crippen molar-refractivity contribution in [3.05, 3.63) is 35.4 Å². The van der Waals surface area contributed by atoms with E-state index in [0.717, 1.165) is 31.8 Å². The molecule has 0 aliphatic carbocycles. The van der Waals surface area contributed by atoms with Gasteiger partial charge >= 0.3 is 6.09 Å². The van der Waals surface area contributed by atoms with E-state index in [9.17, 15) is 9.59 Å². The number of methoxy groups -OCH3 is 1. The summed E-state index contributed by atoms with van der Waals surface area (Å²) in [6.45, 7) is 6.19. The number of fused-ring (bicyclic) bond motifs is 1. The average molecular weight is 416 g/mol. The van der Waals surface area contributed by atoms with Crippen LogP contribution in [0.25, 0.3) is 0 Å². The van der Waals surface area contributed by atoms with E-state index in [4.69, 9.17) is 4.74 Å². The molecule has 1 fully saturated rings. The molecule has 8 heteroatoms. The van der Waals surface area contributed by atoms with Gasteiger partial charge in [0.05, 0.1) is 7.11 Å². The first kappa shape index (κ1) is 21.9. The minimum Gasteiger partial charge on any atom is -0.453 e. The van der Waals surface area contributed by atoms with Gasteiger partial charge in [0.15, 0.2) is 5.96 Å². The van der Waals surface area contributed by atoms with Gasteiger partial charge in [-0.1, -0.05) is 24.3 Å². The molecule has 0 unspecified atom stereocenters. The molecule has 0 aromatic heterocycles. The normalized spacial score (nSPS) is 16.9. The van der Waals surface area contributed by atoms with Crippen molar-refractivity contribution in [2.45, 2.75) is 51.7 Å². The van der Waals surface area contributed by atoms with Gasteiger partial charge in [0.1, 0.15) is 0 Å². The van der Waals surface area contributed by atoms with E-state index in [1.165, 1.54) is 18.2 Å². The first-order chi connectivity index (χ1) is 14.6. The van der Waals surface area contributed by atoms with E-state index < -0.39 is 0 Å². The number of guanidine groups is 1. The fraction of sp³-hybridized carbons (Fsp3) is 0.591. The molecule has 2 N–H and O–H groups in total. The lowest BCUT2D eigenvalue weighted by molar-refractivity contribution is -0.131. The van der Waals surface area contributed by atoms with Crippen LogP contribution in [-0.4, -0.2) is 67.1 Å². The number of hydrogen-bond donors (Lipinski definition) is 2. The number of rotatable bonds is 6. The summed E-state index contributed by atoms with van der Waals surface area (Å²) in [5, 5.41) is 6.72. The molecule has 0 atom stereocenters. The fourth-order valence-corrected chi connectivity index (χ4v) is 3.94. The van der Waals surface area contributed by atoms with Gasteiger partial charge < -0.3 is 25.2 Å². The highest BCUT2D eigenvalue weighted by Gasteiger charge is 2.24. The summed E-state index contributed by atoms with van der Waals surface area (Å²) in [5.74, 6) is 0.963. The standard InChI is InChI=1S/C22H33N5O3/c1-3-23-21(25-19-10-13-26(14-11-19)22(29)30-2)24-12-6-9-20(28)27-15-17-7-4-5-8-18(17)16-27/h4-5,7-8,19H,3,6,9-16H2,1-2H3,(H2,23,24,25). The molecule has 0 bridgehead atoms. The minimum atomic E-state index is -0.264. The zero-order chi connectivity index (χ0) is 21.3. The van der Waals surface area contributed by atoms with Crippen LogP contribution in [0.15, 0.2) is 29.3 Å². The van der Waals surface area contributed by atoms with Gasteiger partial charge in [-0.25, -0.2) is 4.79 Å². The molecule has 8 nitrogen and oxygen atoms in total. The maximum absolute atomic E-state index is 12.5. The summed E-state index contributed by atoms with van der Waals surface area (Å²) in [5.41, 5.74) is 2.50. The molecule has 0 saturated carbocycles. The highest BCUT2D eigenvalue weighted by molar-refractivity contribution is 5.80. The molecule has 3 rings (SSSR count). The molecule has 1 aromatic rings. The summed E-state index contributed by atoms with van der Waals surface area (Å²) >= 11 is 0. The number of piperidine rings is 1. The SMILES string of the molecule is CCNC(=NCCCC(=O)N1Cc2ccccc2C1)NC1CCN(C(=O)OC)CC1. The Kier molecular flexibility index (Phi) is 7.93. The Bertz CT molecular complexity index is 734. The smallest absolute Gasteiger partial charge is 0.409 e. The lowest BCUT2D eigenvalue weighted by Crippen LogP contribution is -2.49. The summed E-state index contributed by atoms with van der Waals surface area (Å²) in [4.78, 5) is 32.4. The van der Waals surface area contributed by atoms with Gasteiger partial charge in [0.25, 0.3) is 0 Å². The summed E-state index contributed by atoms with van der Waals surface area (Å²) in [7, 11) is 1.41. The molecule has 1 aromatic carbocycles. The average Bonchev–Trinajstić information content (AvgIpc) is 3.21. The fourth-order valence-electron chi connectivity index (χ4n) is 3.94. The number of amides is 2. The number of ether oxygens (including phenoxy) is 1. The van der Waals surface area contributed by atoms with E-state index in [2.05, 4.69) is 27.8 Å². The van der Waals surface area contributed by atoms with Crippen molar-refractivity contribution in [3.8, 4) is 0 Å². The number of carbonyl (C=O) groups is 2. The van der Waals surface area contributed by atoms with Gasteiger partial charge in [0, 0.05) is 51.7 Å². The topological polar surface area (TPSA) is 86.3 Å². The van der Waals surface area contributed by atoms with Crippen molar-refractivity contribution in [1.29, 1.82) is 0 Å². The molecular weight excluding hydrogens is 382 g/mol. The van der Waals surface area contributed by atoms with Crippen LogP contribution in [-0.2, 0) is 22.6 Å². The molecular formula is C22H33N5O3. The second-order valence-corrected chi connectivity index (χ2v) is 7.76. The predicted octanol–water partition coefficient (Wildman–Crippen LogP) is 2.09. The first-order valence-electron chi connectivity index (χ1n) is 10.8. The largest absolute Gasteiger partial charge is 0.453 e. The quantitative estimate of drug-likeness (QED) is 0.422. The maximum Gasteiger partial charge on any atom is 0.409 e. The van der Waals surface area contributed by atoms with Gasteiger partial charge in [-0.2, -0.15) is 0 Å². The summed E-state index contributed by atoms with van der Waals surface area (Å²) in [6.07, 6.45) is 2.68. The molecule has 2 aliphatic rings. The number of nitrogens with one attached hydrogen (secondary N) is 2. The van der Waals surface area contributed by atoms with Gasteiger partial charge in [-0.05, 0) is 37.3 Å². The molecule has 0 radical (unpaired) electrons. The molecule has 2 amide bonds. The number of hydrogen-bond acceptors (Lipinski definition) is 4. The van der Waals surface area contributed by atoms with Gasteiger partial charge in [-0.15, -0.1) is 0 Å². The Labute approximate surface area is 178 Å². The number of benzene rings is 1. The van der Waals surface area contributed by atoms with Crippen LogP contribution in [0.5, 0.6) is 0 Å². The lowest BCUT2D eigenvalue weighted by atomic mass is 10.1. The van der Waals surface area contributed by atoms with Crippen LogP contribution >= 0.6 is 0 Å². The monoisotopic (exact) mass is 415 g/mol. The predicted molar refractivity (Wildman–Crippen MR) is 116 cm³/mol. The molecule has 164 valence electrons. The lowest BCUT2D eigenvalue weighted by Gasteiger charge is -2.32. The first-order valence-corrected chi connectivity index (χ1v) is 10.8. The van der Waals surface area contributed by atoms with Crippen molar-refractivity contribution in [2.75, 3.05) is 33.3 Å². The molecule has 30 heavy (non-hydrogen) atoms. The third-order valence-electron chi connectivity index (χ3n) is 5.63. The Morgan fingerprint density at radius 1 is 1.13 bits per heavy atom. The second kappa shape index (κ2) is 10.8. The maximum atomic E-state index is 12.5. The van der Waals surface area contributed by atoms with Crippen molar-refractivity contribution in [1.82, 2.24) is 20.4 Å². The van der Waals surface area contributed by atoms with Gasteiger partial charge in [0.2, 0.25) is 5.91 Å². The molecule has 1 saturated heterocycles. The van der Waals surface area contributed by atoms with Crippen LogP contribution in [0.3, 0.4) is 0 Å². The second-order valence-electron chi connectivity index (χ2n) is 7.76. The number of carbonyl (C=O) groups excluding carboxylic acids is 2. The third-order valence-corrected chi connectivity index (χ3v) is 5.63. The number of nitrogens with zero attached hydrogens (tertiary/aromatic N) is 3. The van der Waals surface area contributed by atoms with Crippen LogP contribution in [0.4, 0.5) is 4.79 Å². The van der Waals surface area contributed by atoms with E-state index >= 15 is 0 Å². The van der Waals surface area contributed by atoms with E-state index in [0.29, 0.717) is 39.1 Å². The van der Waals surface area contributed by atoms with Crippen molar-refractivity contribution in [3.63, 3.8) is 0 Å². The highest BCUT2D eigenvalue weighted by atomic mass is 16.5. The van der Waals surface area contributed by atoms with Crippen LogP contribution < -0.4 is 10.6 Å². The molecule has 2 heterocycles. The Morgan fingerprint density at radius 2 is 1.80 bits per heavy atom. The minimum absolute atomic E-state index is 0.189. The van der Waals surface area contributed by atoms with Gasteiger partial charge in [-0.3, -0.25) is 9.79 Å².